The first-order valence-corrected chi connectivity index (χ1v) is 9.71. The first-order valence-electron chi connectivity index (χ1n) is 9.71. The Morgan fingerprint density at radius 1 is 1.17 bits per heavy atom. The molecule has 6 heteroatoms. The van der Waals surface area contributed by atoms with Gasteiger partial charge in [-0.1, -0.05) is 30.3 Å². The zero-order valence-corrected chi connectivity index (χ0v) is 16.4. The third kappa shape index (κ3) is 2.88. The second kappa shape index (κ2) is 6.81. The molecule has 1 amide bonds. The number of carbonyl (C=O) groups is 1. The summed E-state index contributed by atoms with van der Waals surface area (Å²) in [6.07, 6.45) is 2.48. The van der Waals surface area contributed by atoms with E-state index in [0.29, 0.717) is 12.4 Å². The van der Waals surface area contributed by atoms with E-state index in [1.807, 2.05) is 42.2 Å². The number of carbonyl (C=O) groups excluding carboxylic acids is 1. The molecular weight excluding hydrogens is 364 g/mol. The number of amides is 1. The minimum atomic E-state index is -0.237. The van der Waals surface area contributed by atoms with Gasteiger partial charge in [0.05, 0.1) is 13.2 Å². The molecule has 2 N–H and O–H groups in total. The second-order valence-electron chi connectivity index (χ2n) is 7.41. The highest BCUT2D eigenvalue weighted by atomic mass is 16.5. The molecule has 1 aliphatic heterocycles. The molecule has 1 atom stereocenters. The van der Waals surface area contributed by atoms with E-state index >= 15 is 0 Å². The molecule has 29 heavy (non-hydrogen) atoms. The van der Waals surface area contributed by atoms with E-state index in [1.165, 1.54) is 10.9 Å². The number of aromatic amines is 2. The Labute approximate surface area is 168 Å². The Morgan fingerprint density at radius 2 is 2.03 bits per heavy atom. The summed E-state index contributed by atoms with van der Waals surface area (Å²) in [6.45, 7) is 2.52. The number of rotatable bonds is 3. The number of imidazole rings is 1. The number of benzene rings is 2. The van der Waals surface area contributed by atoms with Crippen LogP contribution in [0.25, 0.3) is 10.9 Å². The van der Waals surface area contributed by atoms with Gasteiger partial charge in [0.1, 0.15) is 5.75 Å². The number of H-pyrrole nitrogens is 2. The smallest absolute Gasteiger partial charge is 0.290 e. The van der Waals surface area contributed by atoms with E-state index < -0.39 is 0 Å². The molecule has 146 valence electrons. The first kappa shape index (κ1) is 17.6. The fourth-order valence-corrected chi connectivity index (χ4v) is 4.28. The van der Waals surface area contributed by atoms with Crippen molar-refractivity contribution in [2.45, 2.75) is 19.4 Å². The molecule has 3 heterocycles. The number of fused-ring (bicyclic) bond motifs is 3. The predicted molar refractivity (Wildman–Crippen MR) is 111 cm³/mol. The Balaban J connectivity index is 1.67. The number of methoxy groups -OCH3 is 1. The second-order valence-corrected chi connectivity index (χ2v) is 7.41. The van der Waals surface area contributed by atoms with Gasteiger partial charge in [0.15, 0.2) is 5.82 Å². The number of ether oxygens (including phenoxy) is 1. The van der Waals surface area contributed by atoms with Gasteiger partial charge in [0.2, 0.25) is 0 Å². The van der Waals surface area contributed by atoms with Gasteiger partial charge in [-0.2, -0.15) is 0 Å². The van der Waals surface area contributed by atoms with Crippen molar-refractivity contribution >= 4 is 16.8 Å². The summed E-state index contributed by atoms with van der Waals surface area (Å²) in [7, 11) is 1.66. The lowest BCUT2D eigenvalue weighted by Gasteiger charge is -2.35. The summed E-state index contributed by atoms with van der Waals surface area (Å²) in [5, 5.41) is 1.22. The summed E-state index contributed by atoms with van der Waals surface area (Å²) in [5.41, 5.74) is 5.30. The van der Waals surface area contributed by atoms with Crippen LogP contribution in [0.15, 0.2) is 54.7 Å². The standard InChI is InChI=1S/C23H22N4O2/c1-14-13-24-22(25-14)23(28)27-11-10-18-17-8-3-4-9-19(17)26-20(18)21(27)15-6-5-7-16(12-15)29-2/h3-9,12-13,21,26H,10-11H2,1-2H3,(H,24,25). The molecule has 0 bridgehead atoms. The van der Waals surface area contributed by atoms with E-state index in [0.717, 1.165) is 34.6 Å². The molecule has 6 nitrogen and oxygen atoms in total. The number of para-hydroxylation sites is 1. The minimum Gasteiger partial charge on any atom is -0.497 e. The van der Waals surface area contributed by atoms with Crippen LogP contribution in [-0.2, 0) is 6.42 Å². The Bertz CT molecular complexity index is 1210. The fourth-order valence-electron chi connectivity index (χ4n) is 4.28. The zero-order valence-electron chi connectivity index (χ0n) is 16.4. The van der Waals surface area contributed by atoms with E-state index in [9.17, 15) is 4.79 Å². The fraction of sp³-hybridized carbons (Fsp3) is 0.217. The topological polar surface area (TPSA) is 74.0 Å². The van der Waals surface area contributed by atoms with Gasteiger partial charge in [-0.15, -0.1) is 0 Å². The maximum absolute atomic E-state index is 13.4. The molecular formula is C23H22N4O2. The van der Waals surface area contributed by atoms with E-state index in [2.05, 4.69) is 33.2 Å². The number of aromatic nitrogens is 3. The minimum absolute atomic E-state index is 0.102. The van der Waals surface area contributed by atoms with Crippen molar-refractivity contribution in [2.75, 3.05) is 13.7 Å². The van der Waals surface area contributed by atoms with Gasteiger partial charge in [-0.05, 0) is 42.7 Å². The molecule has 0 spiro atoms. The maximum Gasteiger partial charge on any atom is 0.290 e. The van der Waals surface area contributed by atoms with Gasteiger partial charge in [0, 0.05) is 35.0 Å². The number of nitrogens with one attached hydrogen (secondary N) is 2. The Kier molecular flexibility index (Phi) is 4.12. The van der Waals surface area contributed by atoms with Gasteiger partial charge in [0.25, 0.3) is 5.91 Å². The number of hydrogen-bond acceptors (Lipinski definition) is 3. The third-order valence-electron chi connectivity index (χ3n) is 5.61. The molecule has 0 aliphatic carbocycles. The number of nitrogens with zero attached hydrogens (tertiary/aromatic N) is 2. The largest absolute Gasteiger partial charge is 0.497 e. The van der Waals surface area contributed by atoms with Crippen LogP contribution in [0.2, 0.25) is 0 Å². The van der Waals surface area contributed by atoms with E-state index in [4.69, 9.17) is 4.74 Å². The van der Waals surface area contributed by atoms with Crippen molar-refractivity contribution in [1.82, 2.24) is 19.9 Å². The van der Waals surface area contributed by atoms with Gasteiger partial charge < -0.3 is 19.6 Å². The van der Waals surface area contributed by atoms with Crippen LogP contribution in [0.1, 0.15) is 39.2 Å². The summed E-state index contributed by atoms with van der Waals surface area (Å²) >= 11 is 0. The van der Waals surface area contributed by atoms with Crippen LogP contribution < -0.4 is 4.74 Å². The number of aryl methyl sites for hydroxylation is 1. The highest BCUT2D eigenvalue weighted by Crippen LogP contribution is 2.39. The molecule has 0 radical (unpaired) electrons. The zero-order chi connectivity index (χ0) is 20.0. The quantitative estimate of drug-likeness (QED) is 0.559. The average Bonchev–Trinajstić information content (AvgIpc) is 3.36. The molecule has 2 aromatic heterocycles. The van der Waals surface area contributed by atoms with Crippen LogP contribution in [0, 0.1) is 6.92 Å². The molecule has 0 saturated carbocycles. The Morgan fingerprint density at radius 3 is 2.83 bits per heavy atom. The molecule has 5 rings (SSSR count). The lowest BCUT2D eigenvalue weighted by Crippen LogP contribution is -2.41. The summed E-state index contributed by atoms with van der Waals surface area (Å²) in [6, 6.07) is 16.0. The van der Waals surface area contributed by atoms with Crippen molar-refractivity contribution in [3.63, 3.8) is 0 Å². The molecule has 4 aromatic rings. The summed E-state index contributed by atoms with van der Waals surface area (Å²) in [5.74, 6) is 1.04. The monoisotopic (exact) mass is 386 g/mol. The molecule has 0 saturated heterocycles. The van der Waals surface area contributed by atoms with E-state index in [1.54, 1.807) is 13.3 Å². The highest BCUT2D eigenvalue weighted by Gasteiger charge is 2.36. The SMILES string of the molecule is COc1cccc(C2c3[nH]c4ccccc4c3CCN2C(=O)c2ncc(C)[nH]2)c1. The number of hydrogen-bond donors (Lipinski definition) is 2. The average molecular weight is 386 g/mol. The van der Waals surface area contributed by atoms with Crippen LogP contribution in [-0.4, -0.2) is 39.4 Å². The maximum atomic E-state index is 13.4. The lowest BCUT2D eigenvalue weighted by molar-refractivity contribution is 0.0680. The summed E-state index contributed by atoms with van der Waals surface area (Å²) < 4.78 is 5.44. The van der Waals surface area contributed by atoms with Crippen LogP contribution >= 0.6 is 0 Å². The van der Waals surface area contributed by atoms with Crippen molar-refractivity contribution in [2.24, 2.45) is 0 Å². The van der Waals surface area contributed by atoms with Crippen LogP contribution in [0.5, 0.6) is 5.75 Å². The van der Waals surface area contributed by atoms with Crippen molar-refractivity contribution < 1.29 is 9.53 Å². The highest BCUT2D eigenvalue weighted by molar-refractivity contribution is 5.92. The van der Waals surface area contributed by atoms with Gasteiger partial charge in [-0.3, -0.25) is 4.79 Å². The van der Waals surface area contributed by atoms with Crippen molar-refractivity contribution in [3.05, 3.63) is 83.1 Å². The normalized spacial score (nSPS) is 16.1. The van der Waals surface area contributed by atoms with Crippen molar-refractivity contribution in [3.8, 4) is 5.75 Å². The van der Waals surface area contributed by atoms with Crippen molar-refractivity contribution in [1.29, 1.82) is 0 Å². The van der Waals surface area contributed by atoms with Gasteiger partial charge in [-0.25, -0.2) is 4.98 Å². The predicted octanol–water partition coefficient (Wildman–Crippen LogP) is 4.00. The molecule has 2 aromatic carbocycles. The molecule has 0 fully saturated rings. The van der Waals surface area contributed by atoms with Crippen LogP contribution in [0.4, 0.5) is 0 Å². The third-order valence-corrected chi connectivity index (χ3v) is 5.61. The Hall–Kier alpha value is -3.54. The summed E-state index contributed by atoms with van der Waals surface area (Å²) in [4.78, 5) is 26.2. The van der Waals surface area contributed by atoms with Crippen LogP contribution in [0.3, 0.4) is 0 Å². The molecule has 1 unspecified atom stereocenters. The van der Waals surface area contributed by atoms with E-state index in [-0.39, 0.29) is 11.9 Å². The first-order chi connectivity index (χ1) is 14.2. The molecule has 1 aliphatic rings. The van der Waals surface area contributed by atoms with Gasteiger partial charge >= 0.3 is 0 Å². The lowest BCUT2D eigenvalue weighted by atomic mass is 9.92.